The Morgan fingerprint density at radius 1 is 1.37 bits per heavy atom. The number of carbonyl (C=O) groups excluding carboxylic acids is 1. The SMILES string of the molecule is CN(C(=O)c1n[nH]c(C2CC2)c1N)c1ccccc1. The largest absolute Gasteiger partial charge is 0.395 e. The minimum atomic E-state index is -0.188. The number of hydrogen-bond donors (Lipinski definition) is 2. The van der Waals surface area contributed by atoms with Gasteiger partial charge in [-0.2, -0.15) is 5.10 Å². The zero-order valence-corrected chi connectivity index (χ0v) is 10.8. The number of amides is 1. The predicted molar refractivity (Wildman–Crippen MR) is 74.2 cm³/mol. The lowest BCUT2D eigenvalue weighted by atomic mass is 10.2. The van der Waals surface area contributed by atoms with E-state index < -0.39 is 0 Å². The number of nitrogens with zero attached hydrogens (tertiary/aromatic N) is 2. The lowest BCUT2D eigenvalue weighted by Crippen LogP contribution is -2.27. The van der Waals surface area contributed by atoms with E-state index in [0.717, 1.165) is 24.2 Å². The van der Waals surface area contributed by atoms with Gasteiger partial charge in [0.1, 0.15) is 0 Å². The molecular weight excluding hydrogens is 240 g/mol. The molecule has 1 amide bonds. The van der Waals surface area contributed by atoms with E-state index in [1.807, 2.05) is 30.3 Å². The molecule has 1 saturated carbocycles. The standard InChI is InChI=1S/C14H16N4O/c1-18(10-5-3-2-4-6-10)14(19)13-11(15)12(16-17-13)9-7-8-9/h2-6,9H,7-8,15H2,1H3,(H,16,17). The first-order valence-electron chi connectivity index (χ1n) is 6.35. The molecule has 3 rings (SSSR count). The highest BCUT2D eigenvalue weighted by Crippen LogP contribution is 2.42. The molecule has 1 aliphatic carbocycles. The highest BCUT2D eigenvalue weighted by Gasteiger charge is 2.31. The molecule has 0 atom stereocenters. The number of nitrogen functional groups attached to an aromatic ring is 1. The second-order valence-corrected chi connectivity index (χ2v) is 4.87. The van der Waals surface area contributed by atoms with Gasteiger partial charge >= 0.3 is 0 Å². The van der Waals surface area contributed by atoms with Crippen molar-refractivity contribution >= 4 is 17.3 Å². The Bertz CT molecular complexity index is 601. The van der Waals surface area contributed by atoms with E-state index in [2.05, 4.69) is 10.2 Å². The highest BCUT2D eigenvalue weighted by atomic mass is 16.2. The van der Waals surface area contributed by atoms with Crippen LogP contribution in [0, 0.1) is 0 Å². The van der Waals surface area contributed by atoms with Gasteiger partial charge in [-0.15, -0.1) is 0 Å². The molecule has 0 bridgehead atoms. The van der Waals surface area contributed by atoms with Crippen molar-refractivity contribution in [2.45, 2.75) is 18.8 Å². The van der Waals surface area contributed by atoms with Gasteiger partial charge in [-0.05, 0) is 25.0 Å². The third kappa shape index (κ3) is 2.07. The van der Waals surface area contributed by atoms with Crippen LogP contribution < -0.4 is 10.6 Å². The van der Waals surface area contributed by atoms with Crippen molar-refractivity contribution in [1.82, 2.24) is 10.2 Å². The smallest absolute Gasteiger partial charge is 0.280 e. The fraction of sp³-hybridized carbons (Fsp3) is 0.286. The number of nitrogens with one attached hydrogen (secondary N) is 1. The molecule has 0 saturated heterocycles. The first-order valence-corrected chi connectivity index (χ1v) is 6.35. The summed E-state index contributed by atoms with van der Waals surface area (Å²) in [7, 11) is 1.72. The minimum absolute atomic E-state index is 0.188. The van der Waals surface area contributed by atoms with Crippen LogP contribution in [-0.2, 0) is 0 Å². The first kappa shape index (κ1) is 11.8. The van der Waals surface area contributed by atoms with Gasteiger partial charge in [-0.1, -0.05) is 18.2 Å². The molecule has 5 nitrogen and oxygen atoms in total. The molecule has 0 spiro atoms. The maximum absolute atomic E-state index is 12.4. The number of aromatic nitrogens is 2. The molecule has 1 aliphatic rings. The van der Waals surface area contributed by atoms with Gasteiger partial charge in [0.05, 0.1) is 11.4 Å². The van der Waals surface area contributed by atoms with Crippen LogP contribution in [0.25, 0.3) is 0 Å². The van der Waals surface area contributed by atoms with Gasteiger partial charge in [-0.3, -0.25) is 9.89 Å². The van der Waals surface area contributed by atoms with Crippen LogP contribution in [0.5, 0.6) is 0 Å². The van der Waals surface area contributed by atoms with Gasteiger partial charge in [-0.25, -0.2) is 0 Å². The summed E-state index contributed by atoms with van der Waals surface area (Å²) in [4.78, 5) is 13.9. The number of hydrogen-bond acceptors (Lipinski definition) is 3. The second kappa shape index (κ2) is 4.42. The summed E-state index contributed by atoms with van der Waals surface area (Å²) in [6.07, 6.45) is 2.24. The van der Waals surface area contributed by atoms with Gasteiger partial charge < -0.3 is 10.6 Å². The number of aromatic amines is 1. The van der Waals surface area contributed by atoms with E-state index >= 15 is 0 Å². The fourth-order valence-electron chi connectivity index (χ4n) is 2.14. The Morgan fingerprint density at radius 2 is 2.05 bits per heavy atom. The van der Waals surface area contributed by atoms with E-state index in [0.29, 0.717) is 17.3 Å². The van der Waals surface area contributed by atoms with E-state index in [1.165, 1.54) is 0 Å². The van der Waals surface area contributed by atoms with Gasteiger partial charge in [0, 0.05) is 18.7 Å². The molecule has 19 heavy (non-hydrogen) atoms. The molecule has 1 aromatic heterocycles. The van der Waals surface area contributed by atoms with Crippen LogP contribution in [0.2, 0.25) is 0 Å². The average Bonchev–Trinajstić information content (AvgIpc) is 3.21. The lowest BCUT2D eigenvalue weighted by Gasteiger charge is -2.16. The van der Waals surface area contributed by atoms with Crippen LogP contribution in [0.4, 0.5) is 11.4 Å². The van der Waals surface area contributed by atoms with E-state index in [1.54, 1.807) is 11.9 Å². The van der Waals surface area contributed by atoms with Crippen molar-refractivity contribution < 1.29 is 4.79 Å². The number of benzene rings is 1. The molecule has 0 radical (unpaired) electrons. The summed E-state index contributed by atoms with van der Waals surface area (Å²) in [5, 5.41) is 6.98. The summed E-state index contributed by atoms with van der Waals surface area (Å²) in [6.45, 7) is 0. The van der Waals surface area contributed by atoms with Gasteiger partial charge in [0.25, 0.3) is 5.91 Å². The van der Waals surface area contributed by atoms with Crippen LogP contribution in [0.15, 0.2) is 30.3 Å². The van der Waals surface area contributed by atoms with Crippen LogP contribution in [0.1, 0.15) is 34.9 Å². The monoisotopic (exact) mass is 256 g/mol. The number of H-pyrrole nitrogens is 1. The zero-order valence-electron chi connectivity index (χ0n) is 10.8. The van der Waals surface area contributed by atoms with Gasteiger partial charge in [0.15, 0.2) is 5.69 Å². The van der Waals surface area contributed by atoms with Crippen LogP contribution in [0.3, 0.4) is 0 Å². The Labute approximate surface area is 111 Å². The molecule has 0 unspecified atom stereocenters. The van der Waals surface area contributed by atoms with Crippen molar-refractivity contribution in [2.24, 2.45) is 0 Å². The predicted octanol–water partition coefficient (Wildman–Crippen LogP) is 2.15. The number of para-hydroxylation sites is 1. The van der Waals surface area contributed by atoms with Crippen molar-refractivity contribution in [3.63, 3.8) is 0 Å². The molecule has 5 heteroatoms. The van der Waals surface area contributed by atoms with Crippen LogP contribution in [-0.4, -0.2) is 23.2 Å². The van der Waals surface area contributed by atoms with E-state index in [9.17, 15) is 4.79 Å². The molecule has 1 fully saturated rings. The quantitative estimate of drug-likeness (QED) is 0.883. The highest BCUT2D eigenvalue weighted by molar-refractivity contribution is 6.07. The number of nitrogens with two attached hydrogens (primary N) is 1. The summed E-state index contributed by atoms with van der Waals surface area (Å²) in [6, 6.07) is 9.45. The summed E-state index contributed by atoms with van der Waals surface area (Å²) < 4.78 is 0. The minimum Gasteiger partial charge on any atom is -0.395 e. The van der Waals surface area contributed by atoms with Crippen molar-refractivity contribution in [3.8, 4) is 0 Å². The van der Waals surface area contributed by atoms with Crippen LogP contribution >= 0.6 is 0 Å². The average molecular weight is 256 g/mol. The van der Waals surface area contributed by atoms with Crippen molar-refractivity contribution in [3.05, 3.63) is 41.7 Å². The Balaban J connectivity index is 1.87. The molecule has 2 aromatic rings. The maximum atomic E-state index is 12.4. The van der Waals surface area contributed by atoms with Crippen molar-refractivity contribution in [1.29, 1.82) is 0 Å². The maximum Gasteiger partial charge on any atom is 0.280 e. The zero-order chi connectivity index (χ0) is 13.4. The van der Waals surface area contributed by atoms with E-state index in [4.69, 9.17) is 5.73 Å². The first-order chi connectivity index (χ1) is 9.18. The van der Waals surface area contributed by atoms with E-state index in [-0.39, 0.29) is 5.91 Å². The Morgan fingerprint density at radius 3 is 2.68 bits per heavy atom. The summed E-state index contributed by atoms with van der Waals surface area (Å²) in [5.74, 6) is 0.267. The van der Waals surface area contributed by atoms with Gasteiger partial charge in [0.2, 0.25) is 0 Å². The lowest BCUT2D eigenvalue weighted by molar-refractivity contribution is 0.0989. The molecule has 98 valence electrons. The Kier molecular flexibility index (Phi) is 2.74. The number of carbonyl (C=O) groups is 1. The molecule has 3 N–H and O–H groups in total. The molecule has 1 aromatic carbocycles. The summed E-state index contributed by atoms with van der Waals surface area (Å²) in [5.41, 5.74) is 8.56. The molecular formula is C14H16N4O. The third-order valence-corrected chi connectivity index (χ3v) is 3.47. The Hall–Kier alpha value is -2.30. The summed E-state index contributed by atoms with van der Waals surface area (Å²) >= 11 is 0. The fourth-order valence-corrected chi connectivity index (χ4v) is 2.14. The number of rotatable bonds is 3. The van der Waals surface area contributed by atoms with Crippen molar-refractivity contribution in [2.75, 3.05) is 17.7 Å². The topological polar surface area (TPSA) is 75.0 Å². The second-order valence-electron chi connectivity index (χ2n) is 4.87. The normalized spacial score (nSPS) is 14.4. The third-order valence-electron chi connectivity index (χ3n) is 3.47. The number of anilines is 2. The molecule has 0 aliphatic heterocycles. The molecule has 1 heterocycles.